The van der Waals surface area contributed by atoms with Gasteiger partial charge in [0.1, 0.15) is 0 Å². The number of H-pyrrole nitrogens is 1. The second kappa shape index (κ2) is 4.53. The molecule has 1 aliphatic rings. The molecule has 0 saturated carbocycles. The lowest BCUT2D eigenvalue weighted by molar-refractivity contribution is 0.174. The smallest absolute Gasteiger partial charge is 0.231 e. The molecule has 0 spiro atoms. The van der Waals surface area contributed by atoms with E-state index in [9.17, 15) is 0 Å². The topological polar surface area (TPSA) is 46.3 Å². The molecule has 4 heteroatoms. The number of ether oxygens (including phenoxy) is 2. The summed E-state index contributed by atoms with van der Waals surface area (Å²) in [6, 6.07) is 4.13. The zero-order valence-corrected chi connectivity index (χ0v) is 10.8. The summed E-state index contributed by atoms with van der Waals surface area (Å²) in [5.74, 6) is 1.70. The fourth-order valence-electron chi connectivity index (χ4n) is 2.54. The van der Waals surface area contributed by atoms with Gasteiger partial charge in [-0.2, -0.15) is 0 Å². The van der Waals surface area contributed by atoms with Gasteiger partial charge in [-0.05, 0) is 45.0 Å². The summed E-state index contributed by atoms with van der Waals surface area (Å²) in [4.78, 5) is 3.43. The summed E-state index contributed by atoms with van der Waals surface area (Å²) in [6.07, 6.45) is 2.21. The summed E-state index contributed by atoms with van der Waals surface area (Å²) in [5, 5.41) is 4.44. The van der Waals surface area contributed by atoms with Gasteiger partial charge in [-0.1, -0.05) is 0 Å². The van der Waals surface area contributed by atoms with Crippen molar-refractivity contribution < 1.29 is 9.47 Å². The van der Waals surface area contributed by atoms with Crippen LogP contribution in [0, 0.1) is 6.92 Å². The Bertz CT molecular complexity index is 575. The van der Waals surface area contributed by atoms with Crippen molar-refractivity contribution in [3.05, 3.63) is 23.4 Å². The van der Waals surface area contributed by atoms with Crippen molar-refractivity contribution in [2.45, 2.75) is 19.8 Å². The van der Waals surface area contributed by atoms with Crippen molar-refractivity contribution >= 4 is 10.9 Å². The van der Waals surface area contributed by atoms with Crippen LogP contribution in [0.15, 0.2) is 12.1 Å². The Hall–Kier alpha value is -1.68. The molecule has 0 unspecified atom stereocenters. The van der Waals surface area contributed by atoms with Crippen LogP contribution in [0.5, 0.6) is 11.5 Å². The van der Waals surface area contributed by atoms with Crippen molar-refractivity contribution in [2.24, 2.45) is 0 Å². The highest BCUT2D eigenvalue weighted by molar-refractivity contribution is 5.88. The SMILES string of the molecule is CNCCCc1c(C)[nH]c2cc3c(cc12)OCO3. The first-order valence-corrected chi connectivity index (χ1v) is 6.35. The molecule has 1 aromatic carbocycles. The first kappa shape index (κ1) is 11.4. The molecule has 1 aliphatic heterocycles. The summed E-state index contributed by atoms with van der Waals surface area (Å²) in [7, 11) is 1.99. The zero-order chi connectivity index (χ0) is 12.5. The van der Waals surface area contributed by atoms with Gasteiger partial charge < -0.3 is 19.8 Å². The summed E-state index contributed by atoms with van der Waals surface area (Å²) in [5.41, 5.74) is 3.76. The van der Waals surface area contributed by atoms with E-state index in [0.29, 0.717) is 6.79 Å². The fraction of sp³-hybridized carbons (Fsp3) is 0.429. The Morgan fingerprint density at radius 3 is 2.83 bits per heavy atom. The standard InChI is InChI=1S/C14H18N2O2/c1-9-10(4-3-5-15-2)11-6-13-14(18-8-17-13)7-12(11)16-9/h6-7,15-16H,3-5,8H2,1-2H3. The molecule has 2 heterocycles. The van der Waals surface area contributed by atoms with Crippen LogP contribution in [-0.2, 0) is 6.42 Å². The van der Waals surface area contributed by atoms with E-state index in [1.165, 1.54) is 16.6 Å². The van der Waals surface area contributed by atoms with Crippen LogP contribution >= 0.6 is 0 Å². The summed E-state index contributed by atoms with van der Waals surface area (Å²) in [6.45, 7) is 3.49. The van der Waals surface area contributed by atoms with Crippen molar-refractivity contribution in [1.82, 2.24) is 10.3 Å². The predicted octanol–water partition coefficient (Wildman–Crippen LogP) is 2.36. The van der Waals surface area contributed by atoms with Crippen LogP contribution in [0.1, 0.15) is 17.7 Å². The molecule has 0 radical (unpaired) electrons. The molecule has 0 aliphatic carbocycles. The average Bonchev–Trinajstić information content (AvgIpc) is 2.91. The maximum absolute atomic E-state index is 5.45. The van der Waals surface area contributed by atoms with Gasteiger partial charge in [0.15, 0.2) is 11.5 Å². The normalized spacial score (nSPS) is 13.4. The van der Waals surface area contributed by atoms with E-state index in [1.54, 1.807) is 0 Å². The van der Waals surface area contributed by atoms with Gasteiger partial charge in [0.05, 0.1) is 0 Å². The largest absolute Gasteiger partial charge is 0.454 e. The number of fused-ring (bicyclic) bond motifs is 2. The van der Waals surface area contributed by atoms with Gasteiger partial charge in [0.25, 0.3) is 0 Å². The molecule has 3 rings (SSSR count). The van der Waals surface area contributed by atoms with Crippen molar-refractivity contribution in [3.63, 3.8) is 0 Å². The van der Waals surface area contributed by atoms with E-state index in [4.69, 9.17) is 9.47 Å². The molecule has 18 heavy (non-hydrogen) atoms. The highest BCUT2D eigenvalue weighted by Gasteiger charge is 2.17. The molecule has 2 N–H and O–H groups in total. The number of hydrogen-bond acceptors (Lipinski definition) is 3. The van der Waals surface area contributed by atoms with Crippen LogP contribution in [0.2, 0.25) is 0 Å². The first-order chi connectivity index (χ1) is 8.79. The second-order valence-electron chi connectivity index (χ2n) is 4.69. The van der Waals surface area contributed by atoms with Crippen LogP contribution < -0.4 is 14.8 Å². The lowest BCUT2D eigenvalue weighted by Crippen LogP contribution is -2.08. The number of rotatable bonds is 4. The number of aromatic nitrogens is 1. The third-order valence-electron chi connectivity index (χ3n) is 3.47. The molecule has 2 aromatic rings. The van der Waals surface area contributed by atoms with Crippen molar-refractivity contribution in [1.29, 1.82) is 0 Å². The quantitative estimate of drug-likeness (QED) is 0.814. The van der Waals surface area contributed by atoms with Crippen LogP contribution in [0.3, 0.4) is 0 Å². The highest BCUT2D eigenvalue weighted by Crippen LogP contribution is 2.37. The molecule has 0 fully saturated rings. The minimum absolute atomic E-state index is 0.329. The number of hydrogen-bond donors (Lipinski definition) is 2. The number of aromatic amines is 1. The maximum atomic E-state index is 5.45. The summed E-state index contributed by atoms with van der Waals surface area (Å²) >= 11 is 0. The third kappa shape index (κ3) is 1.82. The minimum atomic E-state index is 0.329. The molecular weight excluding hydrogens is 228 g/mol. The number of aryl methyl sites for hydroxylation is 2. The van der Waals surface area contributed by atoms with E-state index in [1.807, 2.05) is 13.1 Å². The summed E-state index contributed by atoms with van der Waals surface area (Å²) < 4.78 is 10.8. The monoisotopic (exact) mass is 246 g/mol. The number of benzene rings is 1. The molecule has 96 valence electrons. The van der Waals surface area contributed by atoms with E-state index in [-0.39, 0.29) is 0 Å². The average molecular weight is 246 g/mol. The maximum Gasteiger partial charge on any atom is 0.231 e. The molecule has 0 bridgehead atoms. The lowest BCUT2D eigenvalue weighted by Gasteiger charge is -2.02. The van der Waals surface area contributed by atoms with Crippen LogP contribution in [0.25, 0.3) is 10.9 Å². The molecular formula is C14H18N2O2. The van der Waals surface area contributed by atoms with E-state index in [2.05, 4.69) is 23.3 Å². The molecule has 0 saturated heterocycles. The third-order valence-corrected chi connectivity index (χ3v) is 3.47. The first-order valence-electron chi connectivity index (χ1n) is 6.35. The molecule has 1 aromatic heterocycles. The van der Waals surface area contributed by atoms with E-state index < -0.39 is 0 Å². The zero-order valence-electron chi connectivity index (χ0n) is 10.8. The van der Waals surface area contributed by atoms with Gasteiger partial charge in [-0.3, -0.25) is 0 Å². The highest BCUT2D eigenvalue weighted by atomic mass is 16.7. The predicted molar refractivity (Wildman–Crippen MR) is 71.4 cm³/mol. The van der Waals surface area contributed by atoms with Gasteiger partial charge in [-0.25, -0.2) is 0 Å². The molecule has 0 atom stereocenters. The molecule has 0 amide bonds. The Morgan fingerprint density at radius 1 is 1.28 bits per heavy atom. The fourth-order valence-corrected chi connectivity index (χ4v) is 2.54. The van der Waals surface area contributed by atoms with Crippen LogP contribution in [0.4, 0.5) is 0 Å². The number of nitrogens with one attached hydrogen (secondary N) is 2. The Balaban J connectivity index is 1.99. The second-order valence-corrected chi connectivity index (χ2v) is 4.69. The van der Waals surface area contributed by atoms with Crippen molar-refractivity contribution in [2.75, 3.05) is 20.4 Å². The van der Waals surface area contributed by atoms with Gasteiger partial charge in [0.2, 0.25) is 6.79 Å². The Morgan fingerprint density at radius 2 is 2.06 bits per heavy atom. The minimum Gasteiger partial charge on any atom is -0.454 e. The van der Waals surface area contributed by atoms with Gasteiger partial charge >= 0.3 is 0 Å². The van der Waals surface area contributed by atoms with E-state index >= 15 is 0 Å². The lowest BCUT2D eigenvalue weighted by atomic mass is 10.1. The van der Waals surface area contributed by atoms with E-state index in [0.717, 1.165) is 36.4 Å². The molecule has 4 nitrogen and oxygen atoms in total. The Labute approximate surface area is 106 Å². The Kier molecular flexibility index (Phi) is 2.88. The van der Waals surface area contributed by atoms with Crippen LogP contribution in [-0.4, -0.2) is 25.4 Å². The van der Waals surface area contributed by atoms with Gasteiger partial charge in [-0.15, -0.1) is 0 Å². The van der Waals surface area contributed by atoms with Crippen molar-refractivity contribution in [3.8, 4) is 11.5 Å². The van der Waals surface area contributed by atoms with Gasteiger partial charge in [0, 0.05) is 22.7 Å².